The number of primary sulfonamides is 1. The van der Waals surface area contributed by atoms with Crippen molar-refractivity contribution in [2.75, 3.05) is 13.3 Å². The fourth-order valence-electron chi connectivity index (χ4n) is 2.45. The molecule has 0 amide bonds. The smallest absolute Gasteiger partial charge is 0.247 e. The summed E-state index contributed by atoms with van der Waals surface area (Å²) in [6.07, 6.45) is 5.69. The molecule has 1 saturated carbocycles. The van der Waals surface area contributed by atoms with E-state index in [0.717, 1.165) is 28.9 Å². The van der Waals surface area contributed by atoms with E-state index >= 15 is 0 Å². The molecule has 0 spiro atoms. The Morgan fingerprint density at radius 2 is 2.27 bits per heavy atom. The average Bonchev–Trinajstić information content (AvgIpc) is 3.11. The molecule has 1 aromatic heterocycles. The molecule has 0 radical (unpaired) electrons. The number of nitrogens with zero attached hydrogens (tertiary/aromatic N) is 1. The van der Waals surface area contributed by atoms with E-state index in [1.165, 1.54) is 23.8 Å². The van der Waals surface area contributed by atoms with E-state index in [1.54, 1.807) is 13.1 Å². The van der Waals surface area contributed by atoms with Gasteiger partial charge in [-0.15, -0.1) is 11.3 Å². The van der Waals surface area contributed by atoms with Crippen LogP contribution in [0.4, 0.5) is 0 Å². The van der Waals surface area contributed by atoms with Crippen LogP contribution in [-0.2, 0) is 16.6 Å². The maximum Gasteiger partial charge on any atom is 0.247 e. The van der Waals surface area contributed by atoms with Gasteiger partial charge in [0.1, 0.15) is 4.21 Å². The minimum absolute atomic E-state index is 0.186. The molecule has 2 unspecified atom stereocenters. The van der Waals surface area contributed by atoms with Crippen molar-refractivity contribution in [3.8, 4) is 0 Å². The number of rotatable bonds is 5. The lowest BCUT2D eigenvalue weighted by Gasteiger charge is -2.17. The van der Waals surface area contributed by atoms with Crippen LogP contribution >= 0.6 is 23.1 Å². The highest BCUT2D eigenvalue weighted by Gasteiger charge is 2.24. The molecule has 22 heavy (non-hydrogen) atoms. The van der Waals surface area contributed by atoms with Gasteiger partial charge in [-0.1, -0.05) is 0 Å². The highest BCUT2D eigenvalue weighted by molar-refractivity contribution is 7.99. The van der Waals surface area contributed by atoms with E-state index < -0.39 is 10.0 Å². The lowest BCUT2D eigenvalue weighted by atomic mass is 10.2. The van der Waals surface area contributed by atoms with Crippen LogP contribution in [0.2, 0.25) is 0 Å². The maximum absolute atomic E-state index is 11.3. The first-order chi connectivity index (χ1) is 10.4. The molecule has 0 aromatic carbocycles. The molecule has 0 saturated heterocycles. The van der Waals surface area contributed by atoms with E-state index in [0.29, 0.717) is 12.6 Å². The summed E-state index contributed by atoms with van der Waals surface area (Å²) in [4.78, 5) is 5.13. The van der Waals surface area contributed by atoms with Crippen molar-refractivity contribution in [3.05, 3.63) is 17.0 Å². The predicted octanol–water partition coefficient (Wildman–Crippen LogP) is 1.34. The van der Waals surface area contributed by atoms with Crippen LogP contribution in [0.15, 0.2) is 21.3 Å². The summed E-state index contributed by atoms with van der Waals surface area (Å²) >= 11 is 3.10. The van der Waals surface area contributed by atoms with Crippen LogP contribution in [0, 0.1) is 0 Å². The Labute approximate surface area is 140 Å². The number of hydrogen-bond donors (Lipinski definition) is 3. The molecule has 124 valence electrons. The van der Waals surface area contributed by atoms with Gasteiger partial charge >= 0.3 is 0 Å². The van der Waals surface area contributed by atoms with Crippen LogP contribution in [-0.4, -0.2) is 39.0 Å². The molecular formula is C13H22N4O2S3. The molecular weight excluding hydrogens is 340 g/mol. The largest absolute Gasteiger partial charge is 0.354 e. The van der Waals surface area contributed by atoms with Gasteiger partial charge in [0, 0.05) is 23.2 Å². The van der Waals surface area contributed by atoms with Gasteiger partial charge in [0.2, 0.25) is 10.0 Å². The third-order valence-electron chi connectivity index (χ3n) is 3.63. The first-order valence-corrected chi connectivity index (χ1v) is 10.7. The van der Waals surface area contributed by atoms with Crippen molar-refractivity contribution in [3.63, 3.8) is 0 Å². The minimum atomic E-state index is -3.61. The van der Waals surface area contributed by atoms with Crippen molar-refractivity contribution in [2.24, 2.45) is 10.1 Å². The number of nitrogens with one attached hydrogen (secondary N) is 2. The summed E-state index contributed by atoms with van der Waals surface area (Å²) in [5.41, 5.74) is 0. The lowest BCUT2D eigenvalue weighted by Crippen LogP contribution is -2.42. The standard InChI is InChI=1S/C13H22N4O2S3/c1-15-13(17-9-3-4-10(7-9)20-2)16-8-11-5-6-12(21-11)22(14,18)19/h5-6,9-10H,3-4,7-8H2,1-2H3,(H2,14,18,19)(H2,15,16,17). The number of thioether (sulfide) groups is 1. The fraction of sp³-hybridized carbons (Fsp3) is 0.615. The second kappa shape index (κ2) is 7.67. The first-order valence-electron chi connectivity index (χ1n) is 7.04. The quantitative estimate of drug-likeness (QED) is 0.543. The zero-order valence-electron chi connectivity index (χ0n) is 12.7. The van der Waals surface area contributed by atoms with E-state index in [9.17, 15) is 8.42 Å². The van der Waals surface area contributed by atoms with Crippen molar-refractivity contribution < 1.29 is 8.42 Å². The fourth-order valence-corrected chi connectivity index (χ4v) is 4.97. The highest BCUT2D eigenvalue weighted by Crippen LogP contribution is 2.28. The Morgan fingerprint density at radius 1 is 1.50 bits per heavy atom. The SMILES string of the molecule is CN=C(NCc1ccc(S(N)(=O)=O)s1)NC1CCC(SC)C1. The molecule has 0 bridgehead atoms. The number of nitrogens with two attached hydrogens (primary N) is 1. The third-order valence-corrected chi connectivity index (χ3v) is 7.25. The molecule has 1 aliphatic carbocycles. The Kier molecular flexibility index (Phi) is 6.13. The summed E-state index contributed by atoms with van der Waals surface area (Å²) in [5, 5.41) is 12.5. The number of guanidine groups is 1. The van der Waals surface area contributed by atoms with Gasteiger partial charge in [-0.2, -0.15) is 11.8 Å². The second-order valence-corrected chi connectivity index (χ2v) is 9.30. The van der Waals surface area contributed by atoms with Gasteiger partial charge in [-0.05, 0) is 37.7 Å². The first kappa shape index (κ1) is 17.6. The van der Waals surface area contributed by atoms with E-state index in [4.69, 9.17) is 5.14 Å². The van der Waals surface area contributed by atoms with Crippen molar-refractivity contribution in [1.29, 1.82) is 0 Å². The van der Waals surface area contributed by atoms with Crippen LogP contribution in [0.3, 0.4) is 0 Å². The molecule has 1 fully saturated rings. The summed E-state index contributed by atoms with van der Waals surface area (Å²) in [6.45, 7) is 0.526. The lowest BCUT2D eigenvalue weighted by molar-refractivity contribution is 0.600. The minimum Gasteiger partial charge on any atom is -0.354 e. The highest BCUT2D eigenvalue weighted by atomic mass is 32.2. The molecule has 1 heterocycles. The van der Waals surface area contributed by atoms with Gasteiger partial charge in [0.05, 0.1) is 6.54 Å². The van der Waals surface area contributed by atoms with Gasteiger partial charge in [-0.25, -0.2) is 13.6 Å². The average molecular weight is 363 g/mol. The van der Waals surface area contributed by atoms with Crippen molar-refractivity contribution >= 4 is 39.1 Å². The third kappa shape index (κ3) is 4.87. The molecule has 4 N–H and O–H groups in total. The van der Waals surface area contributed by atoms with Gasteiger partial charge in [-0.3, -0.25) is 4.99 Å². The molecule has 6 nitrogen and oxygen atoms in total. The maximum atomic E-state index is 11.3. The molecule has 2 atom stereocenters. The van der Waals surface area contributed by atoms with Crippen LogP contribution < -0.4 is 15.8 Å². The number of thiophene rings is 1. The summed E-state index contributed by atoms with van der Waals surface area (Å²) in [6, 6.07) is 3.75. The number of hydrogen-bond acceptors (Lipinski definition) is 5. The number of aliphatic imine (C=N–C) groups is 1. The molecule has 0 aliphatic heterocycles. The van der Waals surface area contributed by atoms with Crippen molar-refractivity contribution in [1.82, 2.24) is 10.6 Å². The normalized spacial score (nSPS) is 22.8. The van der Waals surface area contributed by atoms with Gasteiger partial charge in [0.15, 0.2) is 5.96 Å². The number of sulfonamides is 1. The van der Waals surface area contributed by atoms with Gasteiger partial charge < -0.3 is 10.6 Å². The monoisotopic (exact) mass is 362 g/mol. The van der Waals surface area contributed by atoms with Crippen LogP contribution in [0.1, 0.15) is 24.1 Å². The Balaban J connectivity index is 1.85. The van der Waals surface area contributed by atoms with Crippen LogP contribution in [0.5, 0.6) is 0 Å². The van der Waals surface area contributed by atoms with E-state index in [-0.39, 0.29) is 4.21 Å². The Morgan fingerprint density at radius 3 is 2.82 bits per heavy atom. The van der Waals surface area contributed by atoms with Crippen LogP contribution in [0.25, 0.3) is 0 Å². The summed E-state index contributed by atoms with van der Waals surface area (Å²) in [5.74, 6) is 0.748. The van der Waals surface area contributed by atoms with Crippen molar-refractivity contribution in [2.45, 2.75) is 41.3 Å². The summed E-state index contributed by atoms with van der Waals surface area (Å²) < 4.78 is 22.7. The molecule has 1 aliphatic rings. The zero-order valence-corrected chi connectivity index (χ0v) is 15.2. The second-order valence-electron chi connectivity index (χ2n) is 5.20. The van der Waals surface area contributed by atoms with E-state index in [1.807, 2.05) is 11.8 Å². The molecule has 9 heteroatoms. The molecule has 1 aromatic rings. The topological polar surface area (TPSA) is 96.6 Å². The zero-order chi connectivity index (χ0) is 16.2. The molecule has 2 rings (SSSR count). The predicted molar refractivity (Wildman–Crippen MR) is 94.0 cm³/mol. The summed E-state index contributed by atoms with van der Waals surface area (Å²) in [7, 11) is -1.87. The van der Waals surface area contributed by atoms with E-state index in [2.05, 4.69) is 21.9 Å². The van der Waals surface area contributed by atoms with Gasteiger partial charge in [0.25, 0.3) is 0 Å². The Hall–Kier alpha value is -0.770. The Bertz CT molecular complexity index is 627.